The van der Waals surface area contributed by atoms with Gasteiger partial charge in [-0.05, 0) is 19.3 Å². The summed E-state index contributed by atoms with van der Waals surface area (Å²) in [6.45, 7) is 3.32. The lowest BCUT2D eigenvalue weighted by molar-refractivity contribution is -0.130. The van der Waals surface area contributed by atoms with Crippen LogP contribution in [-0.4, -0.2) is 83.7 Å². The molecule has 1 aromatic rings. The van der Waals surface area contributed by atoms with E-state index in [0.717, 1.165) is 31.6 Å². The number of halogens is 1. The summed E-state index contributed by atoms with van der Waals surface area (Å²) in [5.74, 6) is 0.676. The lowest BCUT2D eigenvalue weighted by atomic mass is 10.1. The van der Waals surface area contributed by atoms with Crippen molar-refractivity contribution >= 4 is 47.4 Å². The van der Waals surface area contributed by atoms with Gasteiger partial charge in [-0.3, -0.25) is 19.3 Å². The van der Waals surface area contributed by atoms with E-state index in [9.17, 15) is 9.59 Å². The zero-order chi connectivity index (χ0) is 18.5. The minimum absolute atomic E-state index is 0. The molecule has 3 heterocycles. The molecule has 0 unspecified atom stereocenters. The largest absolute Gasteiger partial charge is 0.347 e. The summed E-state index contributed by atoms with van der Waals surface area (Å²) in [5.41, 5.74) is 0.806. The number of hydrogen-bond donors (Lipinski definition) is 1. The Morgan fingerprint density at radius 1 is 1.19 bits per heavy atom. The van der Waals surface area contributed by atoms with E-state index in [1.54, 1.807) is 22.8 Å². The number of guanidine groups is 1. The molecule has 0 aromatic carbocycles. The Bertz CT molecular complexity index is 685. The van der Waals surface area contributed by atoms with Crippen LogP contribution in [-0.2, 0) is 16.6 Å². The lowest BCUT2D eigenvalue weighted by Crippen LogP contribution is -2.56. The maximum absolute atomic E-state index is 12.5. The molecule has 2 amide bonds. The molecule has 2 saturated heterocycles. The topological polar surface area (TPSA) is 86.1 Å². The molecule has 27 heavy (non-hydrogen) atoms. The van der Waals surface area contributed by atoms with Crippen LogP contribution in [0.25, 0.3) is 0 Å². The molecule has 1 aromatic heterocycles. The van der Waals surface area contributed by atoms with Gasteiger partial charge in [-0.25, -0.2) is 0 Å². The van der Waals surface area contributed by atoms with Gasteiger partial charge in [0, 0.05) is 46.5 Å². The monoisotopic (exact) mass is 489 g/mol. The van der Waals surface area contributed by atoms with Crippen LogP contribution in [0.4, 0.5) is 5.69 Å². The van der Waals surface area contributed by atoms with E-state index in [0.29, 0.717) is 19.0 Å². The van der Waals surface area contributed by atoms with Gasteiger partial charge in [-0.2, -0.15) is 5.10 Å². The number of aliphatic imine (C=N–C) groups is 1. The van der Waals surface area contributed by atoms with Crippen molar-refractivity contribution < 1.29 is 9.59 Å². The molecule has 0 saturated carbocycles. The van der Waals surface area contributed by atoms with Crippen molar-refractivity contribution in [3.8, 4) is 0 Å². The summed E-state index contributed by atoms with van der Waals surface area (Å²) in [6.07, 6.45) is 6.87. The van der Waals surface area contributed by atoms with Crippen LogP contribution >= 0.6 is 24.0 Å². The molecule has 150 valence electrons. The number of aryl methyl sites for hydroxylation is 1. The van der Waals surface area contributed by atoms with Crippen molar-refractivity contribution in [1.82, 2.24) is 24.9 Å². The van der Waals surface area contributed by atoms with Crippen molar-refractivity contribution in [2.75, 3.05) is 51.2 Å². The Morgan fingerprint density at radius 2 is 1.93 bits per heavy atom. The van der Waals surface area contributed by atoms with Gasteiger partial charge >= 0.3 is 0 Å². The van der Waals surface area contributed by atoms with E-state index in [2.05, 4.69) is 15.4 Å². The van der Waals surface area contributed by atoms with Gasteiger partial charge in [-0.1, -0.05) is 0 Å². The fourth-order valence-electron chi connectivity index (χ4n) is 3.42. The molecule has 0 bridgehead atoms. The highest BCUT2D eigenvalue weighted by molar-refractivity contribution is 14.0. The molecule has 0 spiro atoms. The van der Waals surface area contributed by atoms with Crippen LogP contribution in [0, 0.1) is 0 Å². The zero-order valence-electron chi connectivity index (χ0n) is 15.9. The first-order valence-electron chi connectivity index (χ1n) is 9.11. The summed E-state index contributed by atoms with van der Waals surface area (Å²) in [6, 6.07) is 0. The maximum atomic E-state index is 12.5. The molecule has 1 N–H and O–H groups in total. The summed E-state index contributed by atoms with van der Waals surface area (Å²) in [4.78, 5) is 34.6. The summed E-state index contributed by atoms with van der Waals surface area (Å²) in [5, 5.41) is 7.23. The molecule has 0 aliphatic carbocycles. The van der Waals surface area contributed by atoms with Crippen LogP contribution in [0.2, 0.25) is 0 Å². The first-order chi connectivity index (χ1) is 12.6. The third-order valence-electron chi connectivity index (χ3n) is 4.84. The van der Waals surface area contributed by atoms with Gasteiger partial charge in [0.25, 0.3) is 0 Å². The number of piperazine rings is 1. The second kappa shape index (κ2) is 9.90. The van der Waals surface area contributed by atoms with Crippen molar-refractivity contribution in [2.45, 2.75) is 19.3 Å². The van der Waals surface area contributed by atoms with Crippen LogP contribution in [0.15, 0.2) is 17.4 Å². The number of piperidine rings is 1. The smallest absolute Gasteiger partial charge is 0.246 e. The highest BCUT2D eigenvalue weighted by Gasteiger charge is 2.28. The predicted molar refractivity (Wildman–Crippen MR) is 114 cm³/mol. The number of carbonyl (C=O) groups excluding carboxylic acids is 2. The average molecular weight is 489 g/mol. The first-order valence-corrected chi connectivity index (χ1v) is 9.11. The van der Waals surface area contributed by atoms with Crippen LogP contribution in [0.1, 0.15) is 19.3 Å². The number of hydrogen-bond acceptors (Lipinski definition) is 4. The van der Waals surface area contributed by atoms with Crippen molar-refractivity contribution in [1.29, 1.82) is 0 Å². The lowest BCUT2D eigenvalue weighted by Gasteiger charge is -2.35. The number of carbonyl (C=O) groups is 2. The van der Waals surface area contributed by atoms with Gasteiger partial charge in [-0.15, -0.1) is 24.0 Å². The van der Waals surface area contributed by atoms with E-state index >= 15 is 0 Å². The highest BCUT2D eigenvalue weighted by Crippen LogP contribution is 2.16. The van der Waals surface area contributed by atoms with Gasteiger partial charge in [0.05, 0.1) is 18.4 Å². The molecule has 3 rings (SSSR count). The first kappa shape index (κ1) is 21.5. The van der Waals surface area contributed by atoms with Crippen molar-refractivity contribution in [3.63, 3.8) is 0 Å². The number of likely N-dealkylation sites (tertiary alicyclic amines) is 1. The predicted octanol–water partition coefficient (Wildman–Crippen LogP) is 0.275. The Morgan fingerprint density at radius 3 is 2.52 bits per heavy atom. The Balaban J connectivity index is 0.00000261. The molecular formula is C17H28IN7O2. The highest BCUT2D eigenvalue weighted by atomic mass is 127. The van der Waals surface area contributed by atoms with E-state index in [1.165, 1.54) is 6.42 Å². The molecular weight excluding hydrogens is 461 g/mol. The number of aromatic nitrogens is 2. The molecule has 0 atom stereocenters. The SMILES string of the molecule is CN=C(NCC(=O)N1CCCCC1)N1CCN(c2cnn(C)c2)C(=O)C1.I. The van der Waals surface area contributed by atoms with Gasteiger partial charge in [0.15, 0.2) is 5.96 Å². The summed E-state index contributed by atoms with van der Waals surface area (Å²) >= 11 is 0. The normalized spacial score (nSPS) is 18.4. The van der Waals surface area contributed by atoms with Gasteiger partial charge < -0.3 is 20.0 Å². The van der Waals surface area contributed by atoms with E-state index in [1.807, 2.05) is 23.0 Å². The fourth-order valence-corrected chi connectivity index (χ4v) is 3.42. The van der Waals surface area contributed by atoms with Gasteiger partial charge in [0.1, 0.15) is 6.54 Å². The molecule has 10 heteroatoms. The second-order valence-corrected chi connectivity index (χ2v) is 6.68. The minimum atomic E-state index is -0.00504. The third-order valence-corrected chi connectivity index (χ3v) is 4.84. The fraction of sp³-hybridized carbons (Fsp3) is 0.647. The summed E-state index contributed by atoms with van der Waals surface area (Å²) < 4.78 is 1.68. The van der Waals surface area contributed by atoms with Crippen LogP contribution < -0.4 is 10.2 Å². The molecule has 0 radical (unpaired) electrons. The number of anilines is 1. The quantitative estimate of drug-likeness (QED) is 0.375. The summed E-state index contributed by atoms with van der Waals surface area (Å²) in [7, 11) is 3.50. The minimum Gasteiger partial charge on any atom is -0.347 e. The van der Waals surface area contributed by atoms with E-state index in [4.69, 9.17) is 0 Å². The average Bonchev–Trinajstić information content (AvgIpc) is 3.09. The van der Waals surface area contributed by atoms with Crippen LogP contribution in [0.5, 0.6) is 0 Å². The number of rotatable bonds is 3. The molecule has 2 fully saturated rings. The van der Waals surface area contributed by atoms with Crippen molar-refractivity contribution in [3.05, 3.63) is 12.4 Å². The third kappa shape index (κ3) is 5.33. The Labute approximate surface area is 176 Å². The zero-order valence-corrected chi connectivity index (χ0v) is 18.3. The van der Waals surface area contributed by atoms with Gasteiger partial charge in [0.2, 0.25) is 11.8 Å². The Hall–Kier alpha value is -1.85. The van der Waals surface area contributed by atoms with E-state index < -0.39 is 0 Å². The van der Waals surface area contributed by atoms with E-state index in [-0.39, 0.29) is 48.9 Å². The molecule has 2 aliphatic heterocycles. The molecule has 2 aliphatic rings. The maximum Gasteiger partial charge on any atom is 0.246 e. The molecule has 9 nitrogen and oxygen atoms in total. The standard InChI is InChI=1S/C17H27N7O2.HI/c1-18-17(19-11-15(25)22-6-4-3-5-7-22)23-8-9-24(16(26)13-23)14-10-20-21(2)12-14;/h10,12H,3-9,11,13H2,1-2H3,(H,18,19);1H. The number of amides is 2. The van der Waals surface area contributed by atoms with Crippen molar-refractivity contribution in [2.24, 2.45) is 12.0 Å². The van der Waals surface area contributed by atoms with Crippen LogP contribution in [0.3, 0.4) is 0 Å². The second-order valence-electron chi connectivity index (χ2n) is 6.68. The number of nitrogens with zero attached hydrogens (tertiary/aromatic N) is 6. The Kier molecular flexibility index (Phi) is 7.87. The number of nitrogens with one attached hydrogen (secondary N) is 1.